The standard InChI is InChI=1S/C6H14FN.C6H14/c1-3-5-8(2)6-4-7;1-3-5-6-4-2/h3-6H2,1-2H3;3-6H2,1-2H3. The summed E-state index contributed by atoms with van der Waals surface area (Å²) in [6, 6.07) is 0. The molecule has 0 bridgehead atoms. The second-order valence-corrected chi connectivity index (χ2v) is 3.70. The van der Waals surface area contributed by atoms with Crippen LogP contribution in [0.4, 0.5) is 4.39 Å². The smallest absolute Gasteiger partial charge is 0.102 e. The topological polar surface area (TPSA) is 3.24 Å². The summed E-state index contributed by atoms with van der Waals surface area (Å²) in [4.78, 5) is 1.99. The van der Waals surface area contributed by atoms with Gasteiger partial charge in [0.05, 0.1) is 0 Å². The minimum absolute atomic E-state index is 0.226. The van der Waals surface area contributed by atoms with E-state index in [0.29, 0.717) is 6.54 Å². The van der Waals surface area contributed by atoms with Crippen LogP contribution >= 0.6 is 0 Å². The van der Waals surface area contributed by atoms with E-state index in [0.717, 1.165) is 13.0 Å². The van der Waals surface area contributed by atoms with Crippen molar-refractivity contribution in [3.63, 3.8) is 0 Å². The number of alkyl halides is 1. The number of unbranched alkanes of at least 4 members (excludes halogenated alkanes) is 3. The van der Waals surface area contributed by atoms with Crippen molar-refractivity contribution in [3.8, 4) is 0 Å². The van der Waals surface area contributed by atoms with Gasteiger partial charge >= 0.3 is 0 Å². The maximum atomic E-state index is 11.5. The minimum Gasteiger partial charge on any atom is -0.304 e. The first-order chi connectivity index (χ1) is 6.72. The quantitative estimate of drug-likeness (QED) is 0.570. The SMILES string of the molecule is CCCCCC.CCCN(C)CCF. The van der Waals surface area contributed by atoms with Gasteiger partial charge in [-0.25, -0.2) is 4.39 Å². The van der Waals surface area contributed by atoms with Crippen molar-refractivity contribution in [2.45, 2.75) is 52.9 Å². The van der Waals surface area contributed by atoms with Crippen LogP contribution in [-0.2, 0) is 0 Å². The summed E-state index contributed by atoms with van der Waals surface area (Å²) in [5, 5.41) is 0. The second-order valence-electron chi connectivity index (χ2n) is 3.70. The fourth-order valence-electron chi connectivity index (χ4n) is 1.14. The highest BCUT2D eigenvalue weighted by Crippen LogP contribution is 1.95. The number of hydrogen-bond donors (Lipinski definition) is 0. The van der Waals surface area contributed by atoms with Crippen LogP contribution in [0, 0.1) is 0 Å². The second kappa shape index (κ2) is 15.4. The summed E-state index contributed by atoms with van der Waals surface area (Å²) in [7, 11) is 1.93. The Hall–Kier alpha value is -0.110. The Kier molecular flexibility index (Phi) is 17.9. The molecule has 0 heterocycles. The lowest BCUT2D eigenvalue weighted by molar-refractivity contribution is 0.296. The molecule has 0 spiro atoms. The molecule has 0 radical (unpaired) electrons. The van der Waals surface area contributed by atoms with E-state index >= 15 is 0 Å². The van der Waals surface area contributed by atoms with Crippen LogP contribution in [0.2, 0.25) is 0 Å². The molecule has 0 aromatic heterocycles. The van der Waals surface area contributed by atoms with Crippen molar-refractivity contribution in [1.29, 1.82) is 0 Å². The van der Waals surface area contributed by atoms with E-state index in [1.54, 1.807) is 0 Å². The van der Waals surface area contributed by atoms with E-state index in [2.05, 4.69) is 20.8 Å². The molecule has 88 valence electrons. The first-order valence-corrected chi connectivity index (χ1v) is 5.97. The van der Waals surface area contributed by atoms with Gasteiger partial charge in [-0.1, -0.05) is 46.5 Å². The van der Waals surface area contributed by atoms with E-state index in [1.165, 1.54) is 25.7 Å². The predicted octanol–water partition coefficient (Wildman–Crippen LogP) is 3.88. The Morgan fingerprint density at radius 3 is 1.64 bits per heavy atom. The van der Waals surface area contributed by atoms with Crippen molar-refractivity contribution in [1.82, 2.24) is 4.90 Å². The Morgan fingerprint density at radius 1 is 0.857 bits per heavy atom. The zero-order valence-electron chi connectivity index (χ0n) is 10.5. The molecule has 0 atom stereocenters. The Labute approximate surface area is 89.7 Å². The molecule has 0 aromatic rings. The van der Waals surface area contributed by atoms with Crippen LogP contribution in [0.15, 0.2) is 0 Å². The van der Waals surface area contributed by atoms with Gasteiger partial charge in [0.25, 0.3) is 0 Å². The van der Waals surface area contributed by atoms with Crippen LogP contribution in [-0.4, -0.2) is 31.7 Å². The van der Waals surface area contributed by atoms with Gasteiger partial charge in [0.2, 0.25) is 0 Å². The summed E-state index contributed by atoms with van der Waals surface area (Å²) < 4.78 is 11.5. The summed E-state index contributed by atoms with van der Waals surface area (Å²) in [5.41, 5.74) is 0. The van der Waals surface area contributed by atoms with E-state index in [9.17, 15) is 4.39 Å². The van der Waals surface area contributed by atoms with E-state index in [4.69, 9.17) is 0 Å². The predicted molar refractivity (Wildman–Crippen MR) is 63.6 cm³/mol. The molecule has 0 unspecified atom stereocenters. The van der Waals surface area contributed by atoms with Crippen LogP contribution < -0.4 is 0 Å². The first kappa shape index (κ1) is 16.3. The van der Waals surface area contributed by atoms with Crippen molar-refractivity contribution in [3.05, 3.63) is 0 Å². The first-order valence-electron chi connectivity index (χ1n) is 5.97. The molecule has 0 saturated heterocycles. The van der Waals surface area contributed by atoms with Gasteiger partial charge in [-0.2, -0.15) is 0 Å². The Morgan fingerprint density at radius 2 is 1.36 bits per heavy atom. The van der Waals surface area contributed by atoms with E-state index in [1.807, 2.05) is 11.9 Å². The molecular formula is C12H28FN. The van der Waals surface area contributed by atoms with Gasteiger partial charge in [0.15, 0.2) is 0 Å². The number of nitrogens with zero attached hydrogens (tertiary/aromatic N) is 1. The molecule has 0 saturated carbocycles. The molecule has 0 aliphatic carbocycles. The lowest BCUT2D eigenvalue weighted by Gasteiger charge is -2.11. The number of hydrogen-bond acceptors (Lipinski definition) is 1. The number of rotatable bonds is 7. The van der Waals surface area contributed by atoms with E-state index in [-0.39, 0.29) is 6.67 Å². The molecule has 0 rings (SSSR count). The van der Waals surface area contributed by atoms with Crippen molar-refractivity contribution in [2.24, 2.45) is 0 Å². The van der Waals surface area contributed by atoms with Gasteiger partial charge in [0.1, 0.15) is 6.67 Å². The highest BCUT2D eigenvalue weighted by atomic mass is 19.1. The third-order valence-corrected chi connectivity index (χ3v) is 2.03. The van der Waals surface area contributed by atoms with Gasteiger partial charge in [-0.15, -0.1) is 0 Å². The van der Waals surface area contributed by atoms with Crippen LogP contribution in [0.25, 0.3) is 0 Å². The molecule has 0 aromatic carbocycles. The average molecular weight is 205 g/mol. The van der Waals surface area contributed by atoms with Crippen molar-refractivity contribution < 1.29 is 4.39 Å². The monoisotopic (exact) mass is 205 g/mol. The van der Waals surface area contributed by atoms with Crippen molar-refractivity contribution in [2.75, 3.05) is 26.8 Å². The van der Waals surface area contributed by atoms with Crippen molar-refractivity contribution >= 4 is 0 Å². The normalized spacial score (nSPS) is 9.86. The van der Waals surface area contributed by atoms with Gasteiger partial charge in [0, 0.05) is 6.54 Å². The fourth-order valence-corrected chi connectivity index (χ4v) is 1.14. The zero-order valence-corrected chi connectivity index (χ0v) is 10.5. The largest absolute Gasteiger partial charge is 0.304 e. The maximum Gasteiger partial charge on any atom is 0.102 e. The third-order valence-electron chi connectivity index (χ3n) is 2.03. The van der Waals surface area contributed by atoms with Crippen LogP contribution in [0.3, 0.4) is 0 Å². The minimum atomic E-state index is -0.226. The molecule has 0 fully saturated rings. The molecule has 14 heavy (non-hydrogen) atoms. The summed E-state index contributed by atoms with van der Waals surface area (Å²) in [6.07, 6.45) is 6.64. The molecule has 2 heteroatoms. The highest BCUT2D eigenvalue weighted by molar-refractivity contribution is 4.45. The summed E-state index contributed by atoms with van der Waals surface area (Å²) in [5.74, 6) is 0. The molecule has 1 nitrogen and oxygen atoms in total. The summed E-state index contributed by atoms with van der Waals surface area (Å²) in [6.45, 7) is 7.91. The molecule has 0 N–H and O–H groups in total. The summed E-state index contributed by atoms with van der Waals surface area (Å²) >= 11 is 0. The number of halogens is 1. The van der Waals surface area contributed by atoms with Crippen LogP contribution in [0.5, 0.6) is 0 Å². The Bertz CT molecular complexity index is 76.4. The molecule has 0 aliphatic rings. The average Bonchev–Trinajstić information content (AvgIpc) is 2.16. The fraction of sp³-hybridized carbons (Fsp3) is 1.00. The van der Waals surface area contributed by atoms with Crippen LogP contribution in [0.1, 0.15) is 52.9 Å². The maximum absolute atomic E-state index is 11.5. The van der Waals surface area contributed by atoms with Gasteiger partial charge < -0.3 is 4.90 Å². The Balaban J connectivity index is 0. The molecule has 0 aliphatic heterocycles. The molecule has 0 amide bonds. The lowest BCUT2D eigenvalue weighted by atomic mass is 10.2. The van der Waals surface area contributed by atoms with Gasteiger partial charge in [-0.05, 0) is 20.0 Å². The van der Waals surface area contributed by atoms with E-state index < -0.39 is 0 Å². The molecular weight excluding hydrogens is 177 g/mol. The third kappa shape index (κ3) is 17.8. The zero-order chi connectivity index (χ0) is 11.2. The highest BCUT2D eigenvalue weighted by Gasteiger charge is 1.91. The van der Waals surface area contributed by atoms with Gasteiger partial charge in [-0.3, -0.25) is 0 Å². The lowest BCUT2D eigenvalue weighted by Crippen LogP contribution is -2.21.